The predicted octanol–water partition coefficient (Wildman–Crippen LogP) is 0.936. The average molecular weight is 253 g/mol. The Balaban J connectivity index is 2.59. The summed E-state index contributed by atoms with van der Waals surface area (Å²) in [5.74, 6) is -1.10. The van der Waals surface area contributed by atoms with Crippen LogP contribution < -0.4 is 10.6 Å². The minimum Gasteiger partial charge on any atom is -0.478 e. The molecule has 98 valence electrons. The van der Waals surface area contributed by atoms with Gasteiger partial charge in [-0.2, -0.15) is 0 Å². The minimum atomic E-state index is -1.10. The van der Waals surface area contributed by atoms with Gasteiger partial charge in [0.1, 0.15) is 0 Å². The van der Waals surface area contributed by atoms with Gasteiger partial charge in [-0.1, -0.05) is 0 Å². The molecular weight excluding hydrogens is 238 g/mol. The van der Waals surface area contributed by atoms with E-state index in [1.807, 2.05) is 0 Å². The third-order valence-corrected chi connectivity index (χ3v) is 2.04. The number of anilines is 1. The van der Waals surface area contributed by atoms with Crippen molar-refractivity contribution in [1.82, 2.24) is 10.3 Å². The second-order valence-electron chi connectivity index (χ2n) is 3.72. The molecule has 2 amide bonds. The van der Waals surface area contributed by atoms with E-state index < -0.39 is 12.0 Å². The summed E-state index contributed by atoms with van der Waals surface area (Å²) in [7, 11) is 1.54. The molecule has 0 aliphatic rings. The number of carbonyl (C=O) groups excluding carboxylic acids is 1. The molecule has 18 heavy (non-hydrogen) atoms. The maximum absolute atomic E-state index is 11.5. The molecule has 0 bridgehead atoms. The van der Waals surface area contributed by atoms with E-state index in [9.17, 15) is 9.59 Å². The van der Waals surface area contributed by atoms with Crippen LogP contribution in [-0.2, 0) is 4.74 Å². The van der Waals surface area contributed by atoms with E-state index in [4.69, 9.17) is 9.84 Å². The molecule has 0 saturated heterocycles. The number of methoxy groups -OCH3 is 1. The Morgan fingerprint density at radius 1 is 1.50 bits per heavy atom. The fourth-order valence-electron chi connectivity index (χ4n) is 1.31. The summed E-state index contributed by atoms with van der Waals surface area (Å²) in [6, 6.07) is 0.741. The molecule has 0 fully saturated rings. The molecule has 0 aromatic carbocycles. The number of carbonyl (C=O) groups is 2. The van der Waals surface area contributed by atoms with Crippen LogP contribution in [0.15, 0.2) is 18.5 Å². The Hall–Kier alpha value is -2.15. The first-order valence-corrected chi connectivity index (χ1v) is 5.27. The smallest absolute Gasteiger partial charge is 0.337 e. The number of ether oxygens (including phenoxy) is 1. The van der Waals surface area contributed by atoms with Crippen LogP contribution >= 0.6 is 0 Å². The van der Waals surface area contributed by atoms with Crippen LogP contribution in [0.5, 0.6) is 0 Å². The first kappa shape index (κ1) is 13.9. The average Bonchev–Trinajstić information content (AvgIpc) is 2.29. The molecule has 1 atom stereocenters. The van der Waals surface area contributed by atoms with Crippen LogP contribution in [-0.4, -0.2) is 41.8 Å². The molecule has 1 rings (SSSR count). The number of aromatic nitrogens is 1. The van der Waals surface area contributed by atoms with Gasteiger partial charge in [0, 0.05) is 13.3 Å². The number of urea groups is 1. The Kier molecular flexibility index (Phi) is 5.06. The number of pyridine rings is 1. The van der Waals surface area contributed by atoms with Gasteiger partial charge in [-0.3, -0.25) is 4.98 Å². The van der Waals surface area contributed by atoms with Crippen molar-refractivity contribution >= 4 is 17.7 Å². The summed E-state index contributed by atoms with van der Waals surface area (Å²) in [6.07, 6.45) is 2.58. The molecule has 1 aromatic heterocycles. The maximum Gasteiger partial charge on any atom is 0.337 e. The van der Waals surface area contributed by atoms with Crippen molar-refractivity contribution < 1.29 is 19.4 Å². The highest BCUT2D eigenvalue weighted by atomic mass is 16.5. The Morgan fingerprint density at radius 2 is 2.22 bits per heavy atom. The normalized spacial score (nSPS) is 11.7. The zero-order valence-electron chi connectivity index (χ0n) is 10.1. The summed E-state index contributed by atoms with van der Waals surface area (Å²) >= 11 is 0. The van der Waals surface area contributed by atoms with E-state index in [1.165, 1.54) is 25.6 Å². The van der Waals surface area contributed by atoms with Crippen molar-refractivity contribution in [3.63, 3.8) is 0 Å². The van der Waals surface area contributed by atoms with Gasteiger partial charge in [-0.15, -0.1) is 0 Å². The van der Waals surface area contributed by atoms with Crippen molar-refractivity contribution in [2.45, 2.75) is 13.0 Å². The van der Waals surface area contributed by atoms with E-state index in [0.717, 1.165) is 0 Å². The van der Waals surface area contributed by atoms with Crippen LogP contribution in [0.2, 0.25) is 0 Å². The number of carboxylic acids is 1. The van der Waals surface area contributed by atoms with E-state index in [-0.39, 0.29) is 11.6 Å². The molecule has 3 N–H and O–H groups in total. The lowest BCUT2D eigenvalue weighted by Gasteiger charge is -2.13. The van der Waals surface area contributed by atoms with Crippen LogP contribution in [0.3, 0.4) is 0 Å². The van der Waals surface area contributed by atoms with Crippen molar-refractivity contribution in [3.05, 3.63) is 24.0 Å². The first-order valence-electron chi connectivity index (χ1n) is 5.27. The van der Waals surface area contributed by atoms with Crippen molar-refractivity contribution in [2.24, 2.45) is 0 Å². The highest BCUT2D eigenvalue weighted by Crippen LogP contribution is 2.08. The molecule has 7 heteroatoms. The van der Waals surface area contributed by atoms with Gasteiger partial charge < -0.3 is 20.5 Å². The van der Waals surface area contributed by atoms with Crippen LogP contribution in [0.25, 0.3) is 0 Å². The second kappa shape index (κ2) is 6.55. The Morgan fingerprint density at radius 3 is 2.83 bits per heavy atom. The standard InChI is InChI=1S/C11H15N3O4/c1-7(6-18-2)13-11(17)14-9-3-8(10(15)16)4-12-5-9/h3-5,7H,6H2,1-2H3,(H,15,16)(H2,13,14,17). The third kappa shape index (κ3) is 4.38. The highest BCUT2D eigenvalue weighted by Gasteiger charge is 2.09. The highest BCUT2D eigenvalue weighted by molar-refractivity contribution is 5.92. The SMILES string of the molecule is COCC(C)NC(=O)Nc1cncc(C(=O)O)c1. The van der Waals surface area contributed by atoms with Gasteiger partial charge >= 0.3 is 12.0 Å². The van der Waals surface area contributed by atoms with Crippen molar-refractivity contribution in [2.75, 3.05) is 19.0 Å². The van der Waals surface area contributed by atoms with Gasteiger partial charge in [0.05, 0.1) is 30.1 Å². The lowest BCUT2D eigenvalue weighted by Crippen LogP contribution is -2.38. The number of aromatic carboxylic acids is 1. The molecule has 1 aromatic rings. The van der Waals surface area contributed by atoms with Gasteiger partial charge in [-0.05, 0) is 13.0 Å². The number of carboxylic acid groups (broad SMARTS) is 1. The molecule has 0 radical (unpaired) electrons. The summed E-state index contributed by atoms with van der Waals surface area (Å²) in [5.41, 5.74) is 0.328. The predicted molar refractivity (Wildman–Crippen MR) is 64.7 cm³/mol. The molecule has 1 unspecified atom stereocenters. The number of rotatable bonds is 5. The fourth-order valence-corrected chi connectivity index (χ4v) is 1.31. The molecule has 1 heterocycles. The molecular formula is C11H15N3O4. The Bertz CT molecular complexity index is 436. The Labute approximate surface area is 104 Å². The molecule has 0 saturated carbocycles. The van der Waals surface area contributed by atoms with E-state index in [2.05, 4.69) is 15.6 Å². The first-order chi connectivity index (χ1) is 8.52. The number of nitrogens with zero attached hydrogens (tertiary/aromatic N) is 1. The van der Waals surface area contributed by atoms with Gasteiger partial charge in [0.15, 0.2) is 0 Å². The summed E-state index contributed by atoms with van der Waals surface area (Å²) in [4.78, 5) is 26.0. The van der Waals surface area contributed by atoms with Gasteiger partial charge in [0.2, 0.25) is 0 Å². The third-order valence-electron chi connectivity index (χ3n) is 2.04. The second-order valence-corrected chi connectivity index (χ2v) is 3.72. The molecule has 0 aliphatic heterocycles. The van der Waals surface area contributed by atoms with E-state index >= 15 is 0 Å². The van der Waals surface area contributed by atoms with Crippen LogP contribution in [0.1, 0.15) is 17.3 Å². The molecule has 0 spiro atoms. The fraction of sp³-hybridized carbons (Fsp3) is 0.364. The summed E-state index contributed by atoms with van der Waals surface area (Å²) in [6.45, 7) is 2.18. The lowest BCUT2D eigenvalue weighted by atomic mass is 10.2. The molecule has 0 aliphatic carbocycles. The largest absolute Gasteiger partial charge is 0.478 e. The van der Waals surface area contributed by atoms with Gasteiger partial charge in [0.25, 0.3) is 0 Å². The number of hydrogen-bond donors (Lipinski definition) is 3. The number of nitrogens with one attached hydrogen (secondary N) is 2. The van der Waals surface area contributed by atoms with E-state index in [0.29, 0.717) is 12.3 Å². The quantitative estimate of drug-likeness (QED) is 0.725. The monoisotopic (exact) mass is 253 g/mol. The van der Waals surface area contributed by atoms with Crippen molar-refractivity contribution in [3.8, 4) is 0 Å². The maximum atomic E-state index is 11.5. The lowest BCUT2D eigenvalue weighted by molar-refractivity contribution is 0.0696. The number of hydrogen-bond acceptors (Lipinski definition) is 4. The minimum absolute atomic E-state index is 0.0118. The topological polar surface area (TPSA) is 101 Å². The number of amides is 2. The van der Waals surface area contributed by atoms with E-state index in [1.54, 1.807) is 6.92 Å². The van der Waals surface area contributed by atoms with Gasteiger partial charge in [-0.25, -0.2) is 9.59 Å². The van der Waals surface area contributed by atoms with Crippen molar-refractivity contribution in [1.29, 1.82) is 0 Å². The van der Waals surface area contributed by atoms with Crippen LogP contribution in [0, 0.1) is 0 Å². The summed E-state index contributed by atoms with van der Waals surface area (Å²) in [5, 5.41) is 13.9. The zero-order valence-corrected chi connectivity index (χ0v) is 10.1. The summed E-state index contributed by atoms with van der Waals surface area (Å²) < 4.78 is 4.87. The molecule has 7 nitrogen and oxygen atoms in total. The van der Waals surface area contributed by atoms with Crippen LogP contribution in [0.4, 0.5) is 10.5 Å². The zero-order chi connectivity index (χ0) is 13.5.